The normalized spacial score (nSPS) is 11.8. The summed E-state index contributed by atoms with van der Waals surface area (Å²) in [5.41, 5.74) is 6.98. The van der Waals surface area contributed by atoms with E-state index in [0.29, 0.717) is 30.1 Å². The maximum atomic E-state index is 10.5. The van der Waals surface area contributed by atoms with Crippen LogP contribution in [-0.4, -0.2) is 32.4 Å². The predicted molar refractivity (Wildman–Crippen MR) is 79.1 cm³/mol. The second-order valence-corrected chi connectivity index (χ2v) is 4.69. The molecular weight excluding hydrogens is 274 g/mol. The molecule has 1 aromatic carbocycles. The summed E-state index contributed by atoms with van der Waals surface area (Å²) in [6, 6.07) is 3.24. The zero-order chi connectivity index (χ0) is 15.8. The minimum atomic E-state index is -0.789. The Labute approximate surface area is 124 Å². The molecule has 0 spiro atoms. The average Bonchev–Trinajstić information content (AvgIpc) is 2.49. The van der Waals surface area contributed by atoms with Gasteiger partial charge in [0, 0.05) is 24.6 Å². The summed E-state index contributed by atoms with van der Waals surface area (Å²) >= 11 is 0. The second-order valence-electron chi connectivity index (χ2n) is 4.69. The Morgan fingerprint density at radius 3 is 2.14 bits per heavy atom. The van der Waals surface area contributed by atoms with Gasteiger partial charge in [-0.15, -0.1) is 0 Å². The fourth-order valence-corrected chi connectivity index (χ4v) is 2.18. The SMILES string of the molecule is COc1cc(OC)c(C(N)CCCCC(=O)O)c(OC)c1. The molecule has 0 aliphatic heterocycles. The molecular formula is C15H23NO5. The molecule has 0 heterocycles. The summed E-state index contributed by atoms with van der Waals surface area (Å²) in [6.07, 6.45) is 2.14. The number of carbonyl (C=O) groups is 1. The number of hydrogen-bond donors (Lipinski definition) is 2. The summed E-state index contributed by atoms with van der Waals surface area (Å²) < 4.78 is 15.9. The topological polar surface area (TPSA) is 91.0 Å². The molecule has 0 aromatic heterocycles. The molecule has 1 rings (SSSR count). The molecule has 6 nitrogen and oxygen atoms in total. The van der Waals surface area contributed by atoms with Gasteiger partial charge in [0.2, 0.25) is 0 Å². The number of aliphatic carboxylic acids is 1. The van der Waals surface area contributed by atoms with Gasteiger partial charge in [0.05, 0.1) is 26.9 Å². The quantitative estimate of drug-likeness (QED) is 0.680. The lowest BCUT2D eigenvalue weighted by Gasteiger charge is -2.20. The Balaban J connectivity index is 2.86. The van der Waals surface area contributed by atoms with Gasteiger partial charge in [-0.25, -0.2) is 0 Å². The highest BCUT2D eigenvalue weighted by atomic mass is 16.5. The molecule has 0 aliphatic rings. The summed E-state index contributed by atoms with van der Waals surface area (Å²) in [6.45, 7) is 0. The Hall–Kier alpha value is -1.95. The van der Waals surface area contributed by atoms with Gasteiger partial charge in [0.15, 0.2) is 0 Å². The first kappa shape index (κ1) is 17.1. The van der Waals surface area contributed by atoms with Crippen molar-refractivity contribution in [3.63, 3.8) is 0 Å². The van der Waals surface area contributed by atoms with Gasteiger partial charge in [0.25, 0.3) is 0 Å². The first-order chi connectivity index (χ1) is 10.0. The number of ether oxygens (including phenoxy) is 3. The van der Waals surface area contributed by atoms with Crippen LogP contribution in [0.5, 0.6) is 17.2 Å². The van der Waals surface area contributed by atoms with Crippen LogP contribution in [0.15, 0.2) is 12.1 Å². The Morgan fingerprint density at radius 2 is 1.71 bits per heavy atom. The van der Waals surface area contributed by atoms with Gasteiger partial charge in [-0.05, 0) is 12.8 Å². The van der Waals surface area contributed by atoms with Crippen molar-refractivity contribution in [3.05, 3.63) is 17.7 Å². The van der Waals surface area contributed by atoms with E-state index < -0.39 is 5.97 Å². The molecule has 0 saturated heterocycles. The third kappa shape index (κ3) is 4.82. The number of benzene rings is 1. The van der Waals surface area contributed by atoms with Gasteiger partial charge in [-0.1, -0.05) is 6.42 Å². The Morgan fingerprint density at radius 1 is 1.14 bits per heavy atom. The van der Waals surface area contributed by atoms with Crippen LogP contribution in [0.4, 0.5) is 0 Å². The van der Waals surface area contributed by atoms with Crippen molar-refractivity contribution in [2.75, 3.05) is 21.3 Å². The van der Waals surface area contributed by atoms with Crippen molar-refractivity contribution >= 4 is 5.97 Å². The van der Waals surface area contributed by atoms with E-state index in [1.165, 1.54) is 0 Å². The Bertz CT molecular complexity index is 450. The first-order valence-corrected chi connectivity index (χ1v) is 6.80. The summed E-state index contributed by atoms with van der Waals surface area (Å²) in [7, 11) is 4.70. The molecule has 1 atom stereocenters. The molecule has 0 saturated carbocycles. The van der Waals surface area contributed by atoms with Crippen LogP contribution in [0.3, 0.4) is 0 Å². The Kier molecular flexibility index (Phi) is 6.81. The molecule has 1 aromatic rings. The zero-order valence-corrected chi connectivity index (χ0v) is 12.7. The standard InChI is InChI=1S/C15H23NO5/c1-19-10-8-12(20-2)15(13(9-10)21-3)11(16)6-4-5-7-14(17)18/h8-9,11H,4-7,16H2,1-3H3,(H,17,18). The largest absolute Gasteiger partial charge is 0.496 e. The van der Waals surface area contributed by atoms with E-state index in [1.807, 2.05) is 0 Å². The van der Waals surface area contributed by atoms with E-state index >= 15 is 0 Å². The maximum Gasteiger partial charge on any atom is 0.303 e. The van der Waals surface area contributed by atoms with Crippen LogP contribution < -0.4 is 19.9 Å². The number of carboxylic acid groups (broad SMARTS) is 1. The molecule has 0 amide bonds. The lowest BCUT2D eigenvalue weighted by atomic mass is 9.99. The van der Waals surface area contributed by atoms with Crippen molar-refractivity contribution < 1.29 is 24.1 Å². The predicted octanol–water partition coefficient (Wildman–Crippen LogP) is 2.36. The maximum absolute atomic E-state index is 10.5. The lowest BCUT2D eigenvalue weighted by molar-refractivity contribution is -0.137. The van der Waals surface area contributed by atoms with Crippen LogP contribution in [0.25, 0.3) is 0 Å². The molecule has 0 radical (unpaired) electrons. The molecule has 21 heavy (non-hydrogen) atoms. The van der Waals surface area contributed by atoms with E-state index in [1.54, 1.807) is 33.5 Å². The van der Waals surface area contributed by atoms with Gasteiger partial charge in [-0.2, -0.15) is 0 Å². The molecule has 118 valence electrons. The van der Waals surface area contributed by atoms with Crippen LogP contribution in [0.1, 0.15) is 37.3 Å². The highest BCUT2D eigenvalue weighted by Crippen LogP contribution is 2.38. The van der Waals surface area contributed by atoms with Crippen LogP contribution in [0, 0.1) is 0 Å². The number of methoxy groups -OCH3 is 3. The molecule has 3 N–H and O–H groups in total. The van der Waals surface area contributed by atoms with Crippen molar-refractivity contribution in [1.29, 1.82) is 0 Å². The summed E-state index contributed by atoms with van der Waals surface area (Å²) in [4.78, 5) is 10.5. The van der Waals surface area contributed by atoms with Gasteiger partial charge in [0.1, 0.15) is 17.2 Å². The van der Waals surface area contributed by atoms with Crippen LogP contribution >= 0.6 is 0 Å². The fourth-order valence-electron chi connectivity index (χ4n) is 2.18. The zero-order valence-electron chi connectivity index (χ0n) is 12.7. The van der Waals surface area contributed by atoms with Crippen molar-refractivity contribution in [2.24, 2.45) is 5.73 Å². The number of rotatable bonds is 9. The van der Waals surface area contributed by atoms with Crippen molar-refractivity contribution in [2.45, 2.75) is 31.7 Å². The van der Waals surface area contributed by atoms with E-state index in [2.05, 4.69) is 0 Å². The number of unbranched alkanes of at least 4 members (excludes halogenated alkanes) is 1. The average molecular weight is 297 g/mol. The fraction of sp³-hybridized carbons (Fsp3) is 0.533. The van der Waals surface area contributed by atoms with E-state index in [4.69, 9.17) is 25.1 Å². The van der Waals surface area contributed by atoms with Crippen molar-refractivity contribution in [1.82, 2.24) is 0 Å². The second kappa shape index (κ2) is 8.36. The molecule has 6 heteroatoms. The minimum absolute atomic E-state index is 0.156. The monoisotopic (exact) mass is 297 g/mol. The summed E-state index contributed by atoms with van der Waals surface area (Å²) in [5, 5.41) is 8.63. The van der Waals surface area contributed by atoms with Gasteiger partial charge < -0.3 is 25.1 Å². The van der Waals surface area contributed by atoms with E-state index in [0.717, 1.165) is 12.0 Å². The number of hydrogen-bond acceptors (Lipinski definition) is 5. The molecule has 1 unspecified atom stereocenters. The molecule has 0 bridgehead atoms. The molecule has 0 aliphatic carbocycles. The van der Waals surface area contributed by atoms with Gasteiger partial charge in [-0.3, -0.25) is 4.79 Å². The first-order valence-electron chi connectivity index (χ1n) is 6.80. The number of carboxylic acids is 1. The smallest absolute Gasteiger partial charge is 0.303 e. The minimum Gasteiger partial charge on any atom is -0.496 e. The lowest BCUT2D eigenvalue weighted by Crippen LogP contribution is -2.13. The van der Waals surface area contributed by atoms with Crippen LogP contribution in [0.2, 0.25) is 0 Å². The van der Waals surface area contributed by atoms with Crippen molar-refractivity contribution in [3.8, 4) is 17.2 Å². The highest BCUT2D eigenvalue weighted by Gasteiger charge is 2.19. The number of nitrogens with two attached hydrogens (primary N) is 1. The van der Waals surface area contributed by atoms with Crippen LogP contribution in [-0.2, 0) is 4.79 Å². The van der Waals surface area contributed by atoms with E-state index in [-0.39, 0.29) is 12.5 Å². The van der Waals surface area contributed by atoms with E-state index in [9.17, 15) is 4.79 Å². The highest BCUT2D eigenvalue weighted by molar-refractivity contribution is 5.66. The molecule has 0 fully saturated rings. The third-order valence-electron chi connectivity index (χ3n) is 3.28. The summed E-state index contributed by atoms with van der Waals surface area (Å²) in [5.74, 6) is 1.06. The third-order valence-corrected chi connectivity index (χ3v) is 3.28. The van der Waals surface area contributed by atoms with Gasteiger partial charge >= 0.3 is 5.97 Å².